The van der Waals surface area contributed by atoms with Gasteiger partial charge in [-0.1, -0.05) is 72.6 Å². The van der Waals surface area contributed by atoms with Gasteiger partial charge in [-0.3, -0.25) is 4.79 Å². The van der Waals surface area contributed by atoms with Gasteiger partial charge in [0, 0.05) is 13.0 Å². The molecule has 0 radical (unpaired) electrons. The second kappa shape index (κ2) is 13.5. The van der Waals surface area contributed by atoms with Crippen molar-refractivity contribution in [2.75, 3.05) is 6.54 Å². The Hall–Kier alpha value is -0.530. The Morgan fingerprint density at radius 2 is 1.25 bits per heavy atom. The molecule has 0 unspecified atom stereocenters. The predicted octanol–water partition coefficient (Wildman–Crippen LogP) is 5.32. The Bertz CT molecular complexity index is 223. The highest BCUT2D eigenvalue weighted by Gasteiger charge is 2.01. The van der Waals surface area contributed by atoms with Crippen LogP contribution in [0.1, 0.15) is 91.9 Å². The van der Waals surface area contributed by atoms with Crippen molar-refractivity contribution in [2.45, 2.75) is 91.9 Å². The minimum Gasteiger partial charge on any atom is -0.356 e. The highest BCUT2D eigenvalue weighted by atomic mass is 16.1. The average molecular weight is 284 g/mol. The van der Waals surface area contributed by atoms with Gasteiger partial charge in [0.2, 0.25) is 5.91 Å². The molecule has 0 aromatic heterocycles. The summed E-state index contributed by atoms with van der Waals surface area (Å²) in [5, 5.41) is 3.04. The smallest absolute Gasteiger partial charge is 0.219 e. The van der Waals surface area contributed by atoms with E-state index in [1.165, 1.54) is 44.9 Å². The Kier molecular flexibility index (Phi) is 13.1. The van der Waals surface area contributed by atoms with Gasteiger partial charge in [-0.05, 0) is 24.7 Å². The van der Waals surface area contributed by atoms with Gasteiger partial charge in [-0.2, -0.15) is 0 Å². The van der Waals surface area contributed by atoms with Crippen LogP contribution in [0.2, 0.25) is 0 Å². The van der Waals surface area contributed by atoms with E-state index >= 15 is 0 Å². The fourth-order valence-corrected chi connectivity index (χ4v) is 2.36. The summed E-state index contributed by atoms with van der Waals surface area (Å²) in [5.74, 6) is 1.86. The number of hydrogen-bond donors (Lipinski definition) is 1. The highest BCUT2D eigenvalue weighted by molar-refractivity contribution is 5.75. The molecule has 2 heteroatoms. The molecule has 120 valence electrons. The summed E-state index contributed by atoms with van der Waals surface area (Å²) in [6.45, 7) is 9.94. The molecule has 0 heterocycles. The van der Waals surface area contributed by atoms with Gasteiger partial charge in [0.1, 0.15) is 0 Å². The van der Waals surface area contributed by atoms with Crippen LogP contribution in [0.3, 0.4) is 0 Å². The van der Waals surface area contributed by atoms with E-state index in [1.807, 2.05) is 0 Å². The number of carbonyl (C=O) groups excluding carboxylic acids is 1. The zero-order chi connectivity index (χ0) is 15.2. The second-order valence-electron chi connectivity index (χ2n) is 6.94. The summed E-state index contributed by atoms with van der Waals surface area (Å²) < 4.78 is 0. The van der Waals surface area contributed by atoms with Crippen molar-refractivity contribution in [2.24, 2.45) is 11.8 Å². The number of hydrogen-bond acceptors (Lipinski definition) is 1. The maximum absolute atomic E-state index is 11.6. The van der Waals surface area contributed by atoms with E-state index in [0.29, 0.717) is 6.42 Å². The van der Waals surface area contributed by atoms with Crippen molar-refractivity contribution >= 4 is 5.91 Å². The SMILES string of the molecule is CC(C)CCCCCCNC(=O)CCCCCC(C)C. The van der Waals surface area contributed by atoms with Crippen LogP contribution in [0, 0.1) is 11.8 Å². The number of carbonyl (C=O) groups is 1. The first-order valence-corrected chi connectivity index (χ1v) is 8.79. The summed E-state index contributed by atoms with van der Waals surface area (Å²) in [7, 11) is 0. The summed E-state index contributed by atoms with van der Waals surface area (Å²) in [6.07, 6.45) is 11.9. The molecule has 1 amide bonds. The zero-order valence-corrected chi connectivity index (χ0v) is 14.3. The summed E-state index contributed by atoms with van der Waals surface area (Å²) in [6, 6.07) is 0. The monoisotopic (exact) mass is 283 g/mol. The minimum atomic E-state index is 0.247. The van der Waals surface area contributed by atoms with Crippen LogP contribution in [0.5, 0.6) is 0 Å². The number of unbranched alkanes of at least 4 members (excludes halogenated alkanes) is 5. The maximum Gasteiger partial charge on any atom is 0.219 e. The van der Waals surface area contributed by atoms with E-state index in [0.717, 1.165) is 31.2 Å². The van der Waals surface area contributed by atoms with Gasteiger partial charge >= 0.3 is 0 Å². The number of rotatable bonds is 13. The van der Waals surface area contributed by atoms with E-state index in [2.05, 4.69) is 33.0 Å². The standard InChI is InChI=1S/C18H37NO/c1-16(2)12-8-5-6-11-15-19-18(20)14-10-7-9-13-17(3)4/h16-17H,5-15H2,1-4H3,(H,19,20). The lowest BCUT2D eigenvalue weighted by Crippen LogP contribution is -2.23. The van der Waals surface area contributed by atoms with E-state index in [4.69, 9.17) is 0 Å². The van der Waals surface area contributed by atoms with Crippen LogP contribution in [-0.4, -0.2) is 12.5 Å². The van der Waals surface area contributed by atoms with Gasteiger partial charge < -0.3 is 5.32 Å². The molecule has 1 N–H and O–H groups in total. The molecule has 0 aliphatic heterocycles. The van der Waals surface area contributed by atoms with Crippen LogP contribution >= 0.6 is 0 Å². The second-order valence-corrected chi connectivity index (χ2v) is 6.94. The lowest BCUT2D eigenvalue weighted by Gasteiger charge is -2.07. The molecule has 0 saturated carbocycles. The van der Waals surface area contributed by atoms with Crippen molar-refractivity contribution in [1.82, 2.24) is 5.32 Å². The number of amides is 1. The van der Waals surface area contributed by atoms with Gasteiger partial charge in [0.15, 0.2) is 0 Å². The fraction of sp³-hybridized carbons (Fsp3) is 0.944. The summed E-state index contributed by atoms with van der Waals surface area (Å²) >= 11 is 0. The molecular formula is C18H37NO. The van der Waals surface area contributed by atoms with Gasteiger partial charge in [-0.15, -0.1) is 0 Å². The van der Waals surface area contributed by atoms with Crippen molar-refractivity contribution in [3.63, 3.8) is 0 Å². The van der Waals surface area contributed by atoms with Crippen molar-refractivity contribution in [3.8, 4) is 0 Å². The van der Waals surface area contributed by atoms with E-state index < -0.39 is 0 Å². The predicted molar refractivity (Wildman–Crippen MR) is 88.9 cm³/mol. The third-order valence-electron chi connectivity index (χ3n) is 3.72. The lowest BCUT2D eigenvalue weighted by atomic mass is 10.0. The van der Waals surface area contributed by atoms with Crippen LogP contribution in [0.4, 0.5) is 0 Å². The first-order valence-electron chi connectivity index (χ1n) is 8.79. The Morgan fingerprint density at radius 3 is 1.80 bits per heavy atom. The molecule has 0 spiro atoms. The Balaban J connectivity index is 3.20. The molecule has 0 aliphatic carbocycles. The molecule has 0 aliphatic rings. The minimum absolute atomic E-state index is 0.247. The first kappa shape index (κ1) is 19.5. The topological polar surface area (TPSA) is 29.1 Å². The quantitative estimate of drug-likeness (QED) is 0.456. The summed E-state index contributed by atoms with van der Waals surface area (Å²) in [4.78, 5) is 11.6. The summed E-state index contributed by atoms with van der Waals surface area (Å²) in [5.41, 5.74) is 0. The van der Waals surface area contributed by atoms with Gasteiger partial charge in [0.25, 0.3) is 0 Å². The molecule has 2 nitrogen and oxygen atoms in total. The highest BCUT2D eigenvalue weighted by Crippen LogP contribution is 2.10. The molecule has 0 fully saturated rings. The zero-order valence-electron chi connectivity index (χ0n) is 14.3. The normalized spacial score (nSPS) is 11.3. The van der Waals surface area contributed by atoms with Crippen molar-refractivity contribution in [3.05, 3.63) is 0 Å². The average Bonchev–Trinajstić information content (AvgIpc) is 2.36. The molecular weight excluding hydrogens is 246 g/mol. The lowest BCUT2D eigenvalue weighted by molar-refractivity contribution is -0.121. The third kappa shape index (κ3) is 15.5. The van der Waals surface area contributed by atoms with E-state index in [1.54, 1.807) is 0 Å². The molecule has 0 bridgehead atoms. The number of nitrogens with one attached hydrogen (secondary N) is 1. The van der Waals surface area contributed by atoms with Gasteiger partial charge in [-0.25, -0.2) is 0 Å². The third-order valence-corrected chi connectivity index (χ3v) is 3.72. The molecule has 0 saturated heterocycles. The van der Waals surface area contributed by atoms with Crippen LogP contribution < -0.4 is 5.32 Å². The molecule has 0 aromatic rings. The molecule has 0 atom stereocenters. The van der Waals surface area contributed by atoms with E-state index in [9.17, 15) is 4.79 Å². The largest absolute Gasteiger partial charge is 0.356 e. The molecule has 0 rings (SSSR count). The van der Waals surface area contributed by atoms with Crippen LogP contribution in [0.15, 0.2) is 0 Å². The van der Waals surface area contributed by atoms with E-state index in [-0.39, 0.29) is 5.91 Å². The Labute approximate surface area is 127 Å². The fourth-order valence-electron chi connectivity index (χ4n) is 2.36. The van der Waals surface area contributed by atoms with Gasteiger partial charge in [0.05, 0.1) is 0 Å². The Morgan fingerprint density at radius 1 is 0.750 bits per heavy atom. The maximum atomic E-state index is 11.6. The first-order chi connectivity index (χ1) is 9.52. The molecule has 0 aromatic carbocycles. The van der Waals surface area contributed by atoms with Crippen molar-refractivity contribution < 1.29 is 4.79 Å². The van der Waals surface area contributed by atoms with Crippen LogP contribution in [0.25, 0.3) is 0 Å². The van der Waals surface area contributed by atoms with Crippen LogP contribution in [-0.2, 0) is 4.79 Å². The van der Waals surface area contributed by atoms with Crippen molar-refractivity contribution in [1.29, 1.82) is 0 Å². The molecule has 20 heavy (non-hydrogen) atoms.